The third-order valence-electron chi connectivity index (χ3n) is 4.15. The highest BCUT2D eigenvalue weighted by molar-refractivity contribution is 5.95. The summed E-state index contributed by atoms with van der Waals surface area (Å²) in [5, 5.41) is 10.9. The Hall–Kier alpha value is -2.66. The maximum atomic E-state index is 12.8. The molecule has 0 saturated heterocycles. The SMILES string of the molecule is COc1ccc(C2(O)CC=C(c3ccncc3)N(C)C2=O)cc1. The highest BCUT2D eigenvalue weighted by Gasteiger charge is 2.43. The summed E-state index contributed by atoms with van der Waals surface area (Å²) >= 11 is 0. The van der Waals surface area contributed by atoms with Crippen molar-refractivity contribution in [1.29, 1.82) is 0 Å². The molecule has 0 spiro atoms. The Morgan fingerprint density at radius 1 is 1.17 bits per heavy atom. The fourth-order valence-corrected chi connectivity index (χ4v) is 2.80. The third kappa shape index (κ3) is 2.59. The Bertz CT molecular complexity index is 741. The normalized spacial score (nSPS) is 21.1. The monoisotopic (exact) mass is 310 g/mol. The van der Waals surface area contributed by atoms with Crippen molar-refractivity contribution in [1.82, 2.24) is 9.88 Å². The van der Waals surface area contributed by atoms with Gasteiger partial charge in [-0.1, -0.05) is 18.2 Å². The molecule has 0 bridgehead atoms. The predicted octanol–water partition coefficient (Wildman–Crippen LogP) is 2.18. The van der Waals surface area contributed by atoms with E-state index in [2.05, 4.69) is 4.98 Å². The van der Waals surface area contributed by atoms with Crippen LogP contribution < -0.4 is 4.74 Å². The molecule has 3 rings (SSSR count). The number of aliphatic hydroxyl groups is 1. The fraction of sp³-hybridized carbons (Fsp3) is 0.222. The molecule has 1 N–H and O–H groups in total. The molecule has 2 heterocycles. The molecule has 1 aromatic carbocycles. The average Bonchev–Trinajstić information content (AvgIpc) is 2.61. The van der Waals surface area contributed by atoms with E-state index in [4.69, 9.17) is 4.74 Å². The lowest BCUT2D eigenvalue weighted by Crippen LogP contribution is -2.47. The zero-order chi connectivity index (χ0) is 16.4. The van der Waals surface area contributed by atoms with E-state index in [1.807, 2.05) is 18.2 Å². The van der Waals surface area contributed by atoms with Gasteiger partial charge in [0.15, 0.2) is 5.60 Å². The van der Waals surface area contributed by atoms with Crippen LogP contribution in [0, 0.1) is 0 Å². The van der Waals surface area contributed by atoms with Gasteiger partial charge < -0.3 is 14.7 Å². The second-order valence-corrected chi connectivity index (χ2v) is 5.48. The van der Waals surface area contributed by atoms with Crippen molar-refractivity contribution in [3.05, 3.63) is 66.0 Å². The van der Waals surface area contributed by atoms with E-state index in [9.17, 15) is 9.90 Å². The largest absolute Gasteiger partial charge is 0.497 e. The van der Waals surface area contributed by atoms with Gasteiger partial charge in [-0.25, -0.2) is 0 Å². The topological polar surface area (TPSA) is 62.7 Å². The van der Waals surface area contributed by atoms with Crippen LogP contribution in [0.5, 0.6) is 5.75 Å². The first-order chi connectivity index (χ1) is 11.1. The van der Waals surface area contributed by atoms with Gasteiger partial charge in [-0.15, -0.1) is 0 Å². The number of ether oxygens (including phenoxy) is 1. The van der Waals surface area contributed by atoms with Crippen molar-refractivity contribution in [2.75, 3.05) is 14.2 Å². The van der Waals surface area contributed by atoms with Crippen LogP contribution >= 0.6 is 0 Å². The molecule has 118 valence electrons. The van der Waals surface area contributed by atoms with E-state index in [-0.39, 0.29) is 12.3 Å². The quantitative estimate of drug-likeness (QED) is 0.944. The summed E-state index contributed by atoms with van der Waals surface area (Å²) in [5.74, 6) is 0.332. The van der Waals surface area contributed by atoms with Crippen LogP contribution in [0.2, 0.25) is 0 Å². The lowest BCUT2D eigenvalue weighted by Gasteiger charge is -2.36. The summed E-state index contributed by atoms with van der Waals surface area (Å²) in [7, 11) is 3.25. The zero-order valence-corrected chi connectivity index (χ0v) is 13.1. The molecule has 1 aromatic heterocycles. The molecular weight excluding hydrogens is 292 g/mol. The second kappa shape index (κ2) is 5.85. The Morgan fingerprint density at radius 2 is 1.83 bits per heavy atom. The number of pyridine rings is 1. The van der Waals surface area contributed by atoms with Crippen molar-refractivity contribution >= 4 is 11.6 Å². The van der Waals surface area contributed by atoms with E-state index in [0.29, 0.717) is 11.3 Å². The molecule has 0 aliphatic carbocycles. The maximum Gasteiger partial charge on any atom is 0.263 e. The standard InChI is InChI=1S/C18H18N2O3/c1-20-16(13-8-11-19-12-9-13)7-10-18(22,17(20)21)14-3-5-15(23-2)6-4-14/h3-9,11-12,22H,10H2,1-2H3. The van der Waals surface area contributed by atoms with E-state index in [1.54, 1.807) is 50.8 Å². The van der Waals surface area contributed by atoms with E-state index >= 15 is 0 Å². The minimum atomic E-state index is -1.56. The lowest BCUT2D eigenvalue weighted by molar-refractivity contribution is -0.148. The molecule has 0 fully saturated rings. The van der Waals surface area contributed by atoms with Crippen LogP contribution in [-0.4, -0.2) is 35.1 Å². The Balaban J connectivity index is 1.96. The van der Waals surface area contributed by atoms with Crippen molar-refractivity contribution in [3.8, 4) is 5.75 Å². The Labute approximate surface area is 134 Å². The molecule has 0 saturated carbocycles. The molecule has 1 atom stereocenters. The smallest absolute Gasteiger partial charge is 0.263 e. The summed E-state index contributed by atoms with van der Waals surface area (Å²) in [6.45, 7) is 0. The molecular formula is C18H18N2O3. The van der Waals surface area contributed by atoms with Crippen molar-refractivity contribution < 1.29 is 14.6 Å². The molecule has 23 heavy (non-hydrogen) atoms. The third-order valence-corrected chi connectivity index (χ3v) is 4.15. The fourth-order valence-electron chi connectivity index (χ4n) is 2.80. The number of amides is 1. The minimum absolute atomic E-state index is 0.222. The van der Waals surface area contributed by atoms with Crippen molar-refractivity contribution in [2.45, 2.75) is 12.0 Å². The number of carbonyl (C=O) groups is 1. The minimum Gasteiger partial charge on any atom is -0.497 e. The van der Waals surface area contributed by atoms with Crippen LogP contribution in [0.4, 0.5) is 0 Å². The van der Waals surface area contributed by atoms with E-state index in [1.165, 1.54) is 4.90 Å². The van der Waals surface area contributed by atoms with Gasteiger partial charge in [0.05, 0.1) is 7.11 Å². The lowest BCUT2D eigenvalue weighted by atomic mass is 9.85. The zero-order valence-electron chi connectivity index (χ0n) is 13.1. The van der Waals surface area contributed by atoms with Gasteiger partial charge in [0.1, 0.15) is 5.75 Å². The van der Waals surface area contributed by atoms with E-state index in [0.717, 1.165) is 11.3 Å². The van der Waals surface area contributed by atoms with Crippen LogP contribution in [0.3, 0.4) is 0 Å². The van der Waals surface area contributed by atoms with Gasteiger partial charge >= 0.3 is 0 Å². The molecule has 0 radical (unpaired) electrons. The number of rotatable bonds is 3. The number of hydrogen-bond donors (Lipinski definition) is 1. The summed E-state index contributed by atoms with van der Waals surface area (Å²) < 4.78 is 5.12. The summed E-state index contributed by atoms with van der Waals surface area (Å²) in [6, 6.07) is 10.6. The van der Waals surface area contributed by atoms with Gasteiger partial charge in [-0.3, -0.25) is 9.78 Å². The van der Waals surface area contributed by atoms with Crippen LogP contribution in [0.1, 0.15) is 17.5 Å². The molecule has 1 aliphatic heterocycles. The van der Waals surface area contributed by atoms with Crippen LogP contribution in [-0.2, 0) is 10.4 Å². The van der Waals surface area contributed by atoms with Crippen LogP contribution in [0.15, 0.2) is 54.9 Å². The average molecular weight is 310 g/mol. The maximum absolute atomic E-state index is 12.8. The molecule has 1 unspecified atom stereocenters. The number of carbonyl (C=O) groups excluding carboxylic acids is 1. The van der Waals surface area contributed by atoms with Crippen LogP contribution in [0.25, 0.3) is 5.70 Å². The number of hydrogen-bond acceptors (Lipinski definition) is 4. The van der Waals surface area contributed by atoms with Gasteiger partial charge in [0.25, 0.3) is 5.91 Å². The summed E-state index contributed by atoms with van der Waals surface area (Å²) in [5.41, 5.74) is 0.667. The summed E-state index contributed by atoms with van der Waals surface area (Å²) in [4.78, 5) is 18.2. The molecule has 5 heteroatoms. The molecule has 1 aliphatic rings. The Morgan fingerprint density at radius 3 is 2.43 bits per heavy atom. The first kappa shape index (κ1) is 15.2. The van der Waals surface area contributed by atoms with Gasteiger partial charge in [-0.2, -0.15) is 0 Å². The van der Waals surface area contributed by atoms with Gasteiger partial charge in [0.2, 0.25) is 0 Å². The second-order valence-electron chi connectivity index (χ2n) is 5.48. The number of methoxy groups -OCH3 is 1. The highest BCUT2D eigenvalue weighted by Crippen LogP contribution is 2.36. The van der Waals surface area contributed by atoms with Gasteiger partial charge in [0, 0.05) is 37.1 Å². The van der Waals surface area contributed by atoms with E-state index < -0.39 is 5.60 Å². The number of aromatic nitrogens is 1. The first-order valence-corrected chi connectivity index (χ1v) is 7.32. The number of benzene rings is 1. The van der Waals surface area contributed by atoms with Crippen molar-refractivity contribution in [3.63, 3.8) is 0 Å². The Kier molecular flexibility index (Phi) is 3.88. The highest BCUT2D eigenvalue weighted by atomic mass is 16.5. The van der Waals surface area contributed by atoms with Crippen molar-refractivity contribution in [2.24, 2.45) is 0 Å². The first-order valence-electron chi connectivity index (χ1n) is 7.32. The number of likely N-dealkylation sites (N-methyl/N-ethyl adjacent to an activating group) is 1. The predicted molar refractivity (Wildman–Crippen MR) is 86.5 cm³/mol. The molecule has 1 amide bonds. The molecule has 2 aromatic rings. The summed E-state index contributed by atoms with van der Waals surface area (Å²) in [6.07, 6.45) is 5.46. The van der Waals surface area contributed by atoms with Gasteiger partial charge in [-0.05, 0) is 29.8 Å². The molecule has 5 nitrogen and oxygen atoms in total. The number of nitrogens with zero attached hydrogens (tertiary/aromatic N) is 2.